The van der Waals surface area contributed by atoms with Gasteiger partial charge in [-0.3, -0.25) is 0 Å². The molecule has 0 saturated heterocycles. The molecular formula is C2H8W2Y. The fraction of sp³-hybridized carbons (Fsp3) is 1.00. The molecule has 0 fully saturated rings. The van der Waals surface area contributed by atoms with Gasteiger partial charge in [-0.25, -0.2) is 0 Å². The Morgan fingerprint density at radius 3 is 0.600 bits per heavy atom. The summed E-state index contributed by atoms with van der Waals surface area (Å²) >= 11 is 0. The quantitative estimate of drug-likeness (QED) is 0.482. The van der Waals surface area contributed by atoms with Gasteiger partial charge in [0.25, 0.3) is 0 Å². The molecule has 0 aromatic heterocycles. The molecule has 0 aromatic rings. The molecule has 0 aliphatic heterocycles. The van der Waals surface area contributed by atoms with E-state index in [0.29, 0.717) is 0 Å². The van der Waals surface area contributed by atoms with Crippen LogP contribution in [0.15, 0.2) is 0 Å². The molecule has 0 aliphatic carbocycles. The fourth-order valence-corrected chi connectivity index (χ4v) is 0. The van der Waals surface area contributed by atoms with Gasteiger partial charge in [0, 0.05) is 74.8 Å². The van der Waals surface area contributed by atoms with Crippen molar-refractivity contribution in [3.05, 3.63) is 0 Å². The van der Waals surface area contributed by atoms with Gasteiger partial charge < -0.3 is 0 Å². The summed E-state index contributed by atoms with van der Waals surface area (Å²) in [7, 11) is 0. The molecule has 0 bridgehead atoms. The predicted octanol–water partition coefficient (Wildman–Crippen LogP) is 1.26. The maximum atomic E-state index is 0. The summed E-state index contributed by atoms with van der Waals surface area (Å²) in [5.74, 6) is 0. The van der Waals surface area contributed by atoms with Crippen molar-refractivity contribution in [2.45, 2.75) is 14.9 Å². The van der Waals surface area contributed by atoms with E-state index in [-0.39, 0.29) is 89.7 Å². The molecule has 0 rings (SSSR count). The van der Waals surface area contributed by atoms with Gasteiger partial charge in [-0.05, 0) is 0 Å². The van der Waals surface area contributed by atoms with Crippen molar-refractivity contribution in [1.82, 2.24) is 0 Å². The van der Waals surface area contributed by atoms with Crippen LogP contribution in [-0.2, 0) is 74.8 Å². The second kappa shape index (κ2) is 31.6. The van der Waals surface area contributed by atoms with Gasteiger partial charge in [0.2, 0.25) is 0 Å². The van der Waals surface area contributed by atoms with Gasteiger partial charge in [0.1, 0.15) is 0 Å². The molecule has 0 spiro atoms. The molecule has 0 aliphatic rings. The van der Waals surface area contributed by atoms with Crippen molar-refractivity contribution in [1.29, 1.82) is 0 Å². The molecule has 31 valence electrons. The van der Waals surface area contributed by atoms with Gasteiger partial charge >= 0.3 is 0 Å². The van der Waals surface area contributed by atoms with Crippen LogP contribution in [0.25, 0.3) is 0 Å². The third-order valence-electron chi connectivity index (χ3n) is 0. The Labute approximate surface area is 88.3 Å². The van der Waals surface area contributed by atoms with Crippen LogP contribution in [0.4, 0.5) is 0 Å². The molecule has 0 amide bonds. The Morgan fingerprint density at radius 2 is 0.600 bits per heavy atom. The minimum absolute atomic E-state index is 0. The molecular weight excluding hydrogens is 481 g/mol. The largest absolute Gasteiger partial charge is 0.0776 e. The summed E-state index contributed by atoms with van der Waals surface area (Å²) in [5.41, 5.74) is 0. The zero-order valence-electron chi connectivity index (χ0n) is 1.39. The van der Waals surface area contributed by atoms with E-state index in [1.54, 1.807) is 0 Å². The topological polar surface area (TPSA) is 0 Å². The van der Waals surface area contributed by atoms with E-state index in [9.17, 15) is 0 Å². The van der Waals surface area contributed by atoms with Crippen molar-refractivity contribution >= 4 is 0 Å². The van der Waals surface area contributed by atoms with Gasteiger partial charge in [-0.2, -0.15) is 0 Å². The number of hydrogen-bond acceptors (Lipinski definition) is 0. The zero-order chi connectivity index (χ0) is 0. The normalized spacial score (nSPS) is 0. The van der Waals surface area contributed by atoms with Gasteiger partial charge in [-0.1, -0.05) is 14.9 Å². The second-order valence-electron chi connectivity index (χ2n) is 0. The summed E-state index contributed by atoms with van der Waals surface area (Å²) in [6, 6.07) is 0. The van der Waals surface area contributed by atoms with Crippen LogP contribution in [0.2, 0.25) is 0 Å². The molecule has 0 aromatic carbocycles. The molecule has 1 radical (unpaired) electrons. The van der Waals surface area contributed by atoms with Crippen molar-refractivity contribution in [3.8, 4) is 0 Å². The van der Waals surface area contributed by atoms with Crippen LogP contribution in [0.5, 0.6) is 0 Å². The van der Waals surface area contributed by atoms with Crippen molar-refractivity contribution in [3.63, 3.8) is 0 Å². The first-order valence-electron chi connectivity index (χ1n) is 0. The van der Waals surface area contributed by atoms with Gasteiger partial charge in [0.15, 0.2) is 0 Å². The van der Waals surface area contributed by atoms with Crippen molar-refractivity contribution < 1.29 is 74.8 Å². The average molecular weight is 489 g/mol. The average Bonchev–Trinajstić information content (AvgIpc) is 0. The number of hydrogen-bond donors (Lipinski definition) is 0. The Kier molecular flexibility index (Phi) is 323. The third kappa shape index (κ3) is 21.1. The van der Waals surface area contributed by atoms with Gasteiger partial charge in [-0.15, -0.1) is 0 Å². The minimum atomic E-state index is 0. The van der Waals surface area contributed by atoms with E-state index in [1.165, 1.54) is 0 Å². The van der Waals surface area contributed by atoms with Crippen molar-refractivity contribution in [2.24, 2.45) is 0 Å². The summed E-state index contributed by atoms with van der Waals surface area (Å²) in [6.45, 7) is 0. The molecule has 0 saturated carbocycles. The summed E-state index contributed by atoms with van der Waals surface area (Å²) in [5, 5.41) is 0. The van der Waals surface area contributed by atoms with E-state index in [4.69, 9.17) is 0 Å². The van der Waals surface area contributed by atoms with Crippen LogP contribution >= 0.6 is 0 Å². The Balaban J connectivity index is 0. The Hall–Kier alpha value is 2.48. The molecule has 3 heteroatoms. The first-order valence-corrected chi connectivity index (χ1v) is 0. The summed E-state index contributed by atoms with van der Waals surface area (Å²) < 4.78 is 0. The number of rotatable bonds is 0. The first kappa shape index (κ1) is 51.1. The molecule has 5 heavy (non-hydrogen) atoms. The fourth-order valence-electron chi connectivity index (χ4n) is 0. The maximum Gasteiger partial charge on any atom is 0 e. The monoisotopic (exact) mass is 489 g/mol. The van der Waals surface area contributed by atoms with Crippen LogP contribution in [0.1, 0.15) is 14.9 Å². The molecule has 0 unspecified atom stereocenters. The molecule has 0 nitrogen and oxygen atoms in total. The van der Waals surface area contributed by atoms with E-state index in [2.05, 4.69) is 0 Å². The molecule has 0 atom stereocenters. The Morgan fingerprint density at radius 1 is 0.600 bits per heavy atom. The Bertz CT molecular complexity index is 7.61. The van der Waals surface area contributed by atoms with E-state index in [0.717, 1.165) is 0 Å². The second-order valence-corrected chi connectivity index (χ2v) is 0. The van der Waals surface area contributed by atoms with Crippen LogP contribution in [0, 0.1) is 0 Å². The van der Waals surface area contributed by atoms with E-state index >= 15 is 0 Å². The first-order chi connectivity index (χ1) is 0. The van der Waals surface area contributed by atoms with Crippen LogP contribution in [-0.4, -0.2) is 0 Å². The molecule has 0 N–H and O–H groups in total. The van der Waals surface area contributed by atoms with Crippen LogP contribution < -0.4 is 0 Å². The van der Waals surface area contributed by atoms with Crippen LogP contribution in [0.3, 0.4) is 0 Å². The zero-order valence-corrected chi connectivity index (χ0v) is 10.1. The minimum Gasteiger partial charge on any atom is -0.0776 e. The predicted molar refractivity (Wildman–Crippen MR) is 13.5 cm³/mol. The van der Waals surface area contributed by atoms with E-state index in [1.807, 2.05) is 0 Å². The van der Waals surface area contributed by atoms with Gasteiger partial charge in [0.05, 0.1) is 0 Å². The summed E-state index contributed by atoms with van der Waals surface area (Å²) in [4.78, 5) is 0. The molecule has 0 heterocycles. The maximum absolute atomic E-state index is 0. The van der Waals surface area contributed by atoms with E-state index < -0.39 is 0 Å². The smallest absolute Gasteiger partial charge is 0 e. The summed E-state index contributed by atoms with van der Waals surface area (Å²) in [6.07, 6.45) is 0. The standard InChI is InChI=1S/2CH4.2W.Y/h2*1H4;;;. The SMILES string of the molecule is C.C.[W].[W].[Y]. The third-order valence-corrected chi connectivity index (χ3v) is 0. The van der Waals surface area contributed by atoms with Crippen molar-refractivity contribution in [2.75, 3.05) is 0 Å².